The summed E-state index contributed by atoms with van der Waals surface area (Å²) in [6.07, 6.45) is 3.89. The fourth-order valence-corrected chi connectivity index (χ4v) is 3.87. The van der Waals surface area contributed by atoms with E-state index < -0.39 is 0 Å². The van der Waals surface area contributed by atoms with Gasteiger partial charge >= 0.3 is 0 Å². The van der Waals surface area contributed by atoms with E-state index in [9.17, 15) is 0 Å². The molecule has 0 amide bonds. The molecule has 0 unspecified atom stereocenters. The molecule has 0 N–H and O–H groups in total. The van der Waals surface area contributed by atoms with Crippen LogP contribution in [0.15, 0.2) is 109 Å². The van der Waals surface area contributed by atoms with Crippen molar-refractivity contribution in [3.05, 3.63) is 140 Å². The number of nitriles is 1. The Bertz CT molecular complexity index is 1270. The van der Waals surface area contributed by atoms with Crippen LogP contribution in [-0.2, 0) is 20.1 Å². The van der Waals surface area contributed by atoms with Gasteiger partial charge in [0.05, 0.1) is 0 Å². The van der Waals surface area contributed by atoms with E-state index in [0.717, 1.165) is 17.1 Å². The number of fused-ring (bicyclic) bond motifs is 1. The van der Waals surface area contributed by atoms with Crippen molar-refractivity contribution >= 4 is 28.4 Å². The molecule has 2 heterocycles. The van der Waals surface area contributed by atoms with Gasteiger partial charge in [-0.05, 0) is 43.7 Å². The molecule has 0 bridgehead atoms. The smallest absolute Gasteiger partial charge is 0.0344 e. The Balaban J connectivity index is 0.000000178. The molecule has 6 heteroatoms. The summed E-state index contributed by atoms with van der Waals surface area (Å²) in [7, 11) is 1.96. The van der Waals surface area contributed by atoms with Gasteiger partial charge in [0, 0.05) is 43.2 Å². The summed E-state index contributed by atoms with van der Waals surface area (Å²) in [5.41, 5.74) is 6.12. The molecule has 1 radical (unpaired) electrons. The molecule has 0 saturated heterocycles. The van der Waals surface area contributed by atoms with Crippen molar-refractivity contribution in [3.63, 3.8) is 0 Å². The molecular weight excluding hydrogens is 623 g/mol. The topological polar surface area (TPSA) is 36.8 Å². The zero-order valence-electron chi connectivity index (χ0n) is 19.6. The predicted molar refractivity (Wildman–Crippen MR) is 140 cm³/mol. The summed E-state index contributed by atoms with van der Waals surface area (Å²) in [4.78, 5) is 8.27. The Morgan fingerprint density at radius 1 is 0.722 bits per heavy atom. The SMILES string of the molecule is CN1C=CN(c2[c-]cc(C#N)cc2)[CH-]1.[Ir].[c-]1ccccc1N1[CH-]N(c2ccccc2)c2ccccc21. The Kier molecular flexibility index (Phi) is 8.07. The minimum Gasteiger partial charge on any atom is -0.510 e. The van der Waals surface area contributed by atoms with Gasteiger partial charge in [-0.1, -0.05) is 35.9 Å². The van der Waals surface area contributed by atoms with Crippen molar-refractivity contribution in [2.24, 2.45) is 0 Å². The van der Waals surface area contributed by atoms with E-state index in [2.05, 4.69) is 89.3 Å². The zero-order chi connectivity index (χ0) is 24.0. The van der Waals surface area contributed by atoms with Crippen LogP contribution in [0.3, 0.4) is 0 Å². The Morgan fingerprint density at radius 2 is 1.44 bits per heavy atom. The van der Waals surface area contributed by atoms with Crippen LogP contribution in [0.25, 0.3) is 0 Å². The molecule has 0 aromatic heterocycles. The van der Waals surface area contributed by atoms with Crippen LogP contribution >= 0.6 is 0 Å². The van der Waals surface area contributed by atoms with E-state index >= 15 is 0 Å². The molecule has 0 fully saturated rings. The van der Waals surface area contributed by atoms with Gasteiger partial charge in [-0.25, -0.2) is 5.26 Å². The van der Waals surface area contributed by atoms with Crippen molar-refractivity contribution in [2.45, 2.75) is 0 Å². The molecule has 2 aliphatic heterocycles. The van der Waals surface area contributed by atoms with E-state index in [0.29, 0.717) is 5.56 Å². The molecule has 36 heavy (non-hydrogen) atoms. The van der Waals surface area contributed by atoms with E-state index in [1.165, 1.54) is 11.4 Å². The fourth-order valence-electron chi connectivity index (χ4n) is 3.87. The molecule has 0 aliphatic carbocycles. The Morgan fingerprint density at radius 3 is 2.06 bits per heavy atom. The van der Waals surface area contributed by atoms with Crippen molar-refractivity contribution in [1.29, 1.82) is 5.26 Å². The second-order valence-corrected chi connectivity index (χ2v) is 7.99. The Labute approximate surface area is 226 Å². The molecule has 0 atom stereocenters. The predicted octanol–water partition coefficient (Wildman–Crippen LogP) is 6.59. The van der Waals surface area contributed by atoms with Crippen LogP contribution in [0.1, 0.15) is 5.56 Å². The van der Waals surface area contributed by atoms with E-state index in [-0.39, 0.29) is 20.1 Å². The van der Waals surface area contributed by atoms with Crippen molar-refractivity contribution in [2.75, 3.05) is 21.7 Å². The Hall–Kier alpha value is -4.04. The third-order valence-electron chi connectivity index (χ3n) is 5.59. The maximum absolute atomic E-state index is 8.62. The molecule has 0 spiro atoms. The summed E-state index contributed by atoms with van der Waals surface area (Å²) in [6.45, 7) is 4.06. The van der Waals surface area contributed by atoms with Gasteiger partial charge < -0.3 is 19.6 Å². The monoisotopic (exact) mass is 646 g/mol. The average molecular weight is 646 g/mol. The van der Waals surface area contributed by atoms with Crippen LogP contribution < -0.4 is 14.7 Å². The van der Waals surface area contributed by atoms with Crippen LogP contribution in [0.2, 0.25) is 0 Å². The summed E-state index contributed by atoms with van der Waals surface area (Å²) in [5, 5.41) is 8.62. The quantitative estimate of drug-likeness (QED) is 0.235. The van der Waals surface area contributed by atoms with Gasteiger partial charge in [-0.3, -0.25) is 0 Å². The minimum absolute atomic E-state index is 0. The zero-order valence-corrected chi connectivity index (χ0v) is 22.0. The van der Waals surface area contributed by atoms with E-state index in [1.807, 2.05) is 66.2 Å². The number of anilines is 5. The first kappa shape index (κ1) is 25.1. The summed E-state index contributed by atoms with van der Waals surface area (Å²) < 4.78 is 0. The number of nitrogens with zero attached hydrogens (tertiary/aromatic N) is 5. The maximum Gasteiger partial charge on any atom is 0.0344 e. The van der Waals surface area contributed by atoms with Crippen molar-refractivity contribution < 1.29 is 20.1 Å². The molecule has 4 aromatic rings. The van der Waals surface area contributed by atoms with Crippen molar-refractivity contribution in [1.82, 2.24) is 4.90 Å². The largest absolute Gasteiger partial charge is 0.510 e. The fraction of sp³-hybridized carbons (Fsp3) is 0.0333. The molecule has 5 nitrogen and oxygen atoms in total. The maximum atomic E-state index is 8.62. The molecule has 181 valence electrons. The first-order chi connectivity index (χ1) is 17.2. The molecule has 2 aliphatic rings. The van der Waals surface area contributed by atoms with Gasteiger partial charge in [0.15, 0.2) is 0 Å². The van der Waals surface area contributed by atoms with Crippen LogP contribution in [0.4, 0.5) is 28.4 Å². The second-order valence-electron chi connectivity index (χ2n) is 7.99. The van der Waals surface area contributed by atoms with E-state index in [4.69, 9.17) is 5.26 Å². The first-order valence-electron chi connectivity index (χ1n) is 11.2. The summed E-state index contributed by atoms with van der Waals surface area (Å²) >= 11 is 0. The standard InChI is InChI=1S/C19H14N2.C11H9N3.Ir/c1-3-9-16(10-4-1)20-15-21(17-11-5-2-6-12-17)19-14-8-7-13-18(19)20;1-13-6-7-14(9-13)11-4-2-10(8-12)3-5-11;/h1-11,13-15H;2-4,6-7,9H,1H3;/q2*-2;. The number of hydrogen-bond acceptors (Lipinski definition) is 5. The number of para-hydroxylation sites is 4. The number of hydrogen-bond donors (Lipinski definition) is 0. The molecule has 6 rings (SSSR count). The molecule has 4 aromatic carbocycles. The third-order valence-corrected chi connectivity index (χ3v) is 5.59. The summed E-state index contributed by atoms with van der Waals surface area (Å²) in [5.74, 6) is 0. The van der Waals surface area contributed by atoms with Crippen LogP contribution in [0.5, 0.6) is 0 Å². The van der Waals surface area contributed by atoms with Gasteiger partial charge in [0.25, 0.3) is 0 Å². The summed E-state index contributed by atoms with van der Waals surface area (Å²) in [6, 6.07) is 40.6. The van der Waals surface area contributed by atoms with Gasteiger partial charge in [0.1, 0.15) is 0 Å². The van der Waals surface area contributed by atoms with Gasteiger partial charge in [-0.2, -0.15) is 55.2 Å². The van der Waals surface area contributed by atoms with Crippen LogP contribution in [0, 0.1) is 36.8 Å². The normalized spacial score (nSPS) is 13.4. The van der Waals surface area contributed by atoms with Crippen LogP contribution in [-0.4, -0.2) is 11.9 Å². The third kappa shape index (κ3) is 5.44. The molecule has 0 saturated carbocycles. The minimum atomic E-state index is 0. The molecular formula is C30H23IrN5-4. The number of benzene rings is 4. The van der Waals surface area contributed by atoms with Gasteiger partial charge in [0.2, 0.25) is 0 Å². The average Bonchev–Trinajstić information content (AvgIpc) is 3.54. The first-order valence-corrected chi connectivity index (χ1v) is 11.2. The van der Waals surface area contributed by atoms with E-state index in [1.54, 1.807) is 12.1 Å². The van der Waals surface area contributed by atoms with Crippen molar-refractivity contribution in [3.8, 4) is 6.07 Å². The number of rotatable bonds is 3. The second kappa shape index (κ2) is 11.6. The van der Waals surface area contributed by atoms with Gasteiger partial charge in [-0.15, -0.1) is 24.1 Å².